The standard InChI is InChI=1S/C21H27N3O2S2/c1-14-19(28-13-23-14)16-8-6-15(7-9-16)12-22-20(26)17-5-4-10-24(17)18(25)11-21(2,3)27/h6-9,13,17,27H,4-5,10-12H2,1-3H3,(H,22,26). The fourth-order valence-electron chi connectivity index (χ4n) is 3.47. The van der Waals surface area contributed by atoms with E-state index in [9.17, 15) is 9.59 Å². The summed E-state index contributed by atoms with van der Waals surface area (Å²) in [6.45, 7) is 6.93. The van der Waals surface area contributed by atoms with Crippen LogP contribution in [0.25, 0.3) is 10.4 Å². The molecule has 2 aromatic rings. The zero-order valence-electron chi connectivity index (χ0n) is 16.6. The van der Waals surface area contributed by atoms with Gasteiger partial charge in [-0.1, -0.05) is 38.1 Å². The second-order valence-corrected chi connectivity index (χ2v) is 9.98. The van der Waals surface area contributed by atoms with Crippen LogP contribution in [0.4, 0.5) is 0 Å². The molecule has 2 heterocycles. The van der Waals surface area contributed by atoms with E-state index in [1.54, 1.807) is 16.2 Å². The first-order chi connectivity index (χ1) is 13.2. The van der Waals surface area contributed by atoms with Crippen LogP contribution in [-0.4, -0.2) is 39.0 Å². The van der Waals surface area contributed by atoms with Crippen LogP contribution in [0.3, 0.4) is 0 Å². The summed E-state index contributed by atoms with van der Waals surface area (Å²) in [5.74, 6) is -0.0767. The highest BCUT2D eigenvalue weighted by atomic mass is 32.1. The number of nitrogens with zero attached hydrogens (tertiary/aromatic N) is 2. The number of carbonyl (C=O) groups excluding carboxylic acids is 2. The molecule has 1 N–H and O–H groups in total. The van der Waals surface area contributed by atoms with Gasteiger partial charge in [0.05, 0.1) is 16.1 Å². The van der Waals surface area contributed by atoms with Crippen LogP contribution in [0, 0.1) is 6.92 Å². The van der Waals surface area contributed by atoms with Gasteiger partial charge in [-0.3, -0.25) is 9.59 Å². The molecule has 28 heavy (non-hydrogen) atoms. The first kappa shape index (κ1) is 20.9. The van der Waals surface area contributed by atoms with Crippen molar-refractivity contribution in [2.75, 3.05) is 6.54 Å². The predicted molar refractivity (Wildman–Crippen MR) is 117 cm³/mol. The Labute approximate surface area is 176 Å². The van der Waals surface area contributed by atoms with Crippen LogP contribution < -0.4 is 5.32 Å². The lowest BCUT2D eigenvalue weighted by Gasteiger charge is -2.27. The molecule has 1 aliphatic heterocycles. The van der Waals surface area contributed by atoms with E-state index in [0.717, 1.165) is 23.2 Å². The lowest BCUT2D eigenvalue weighted by Crippen LogP contribution is -2.46. The molecule has 1 aromatic carbocycles. The maximum Gasteiger partial charge on any atom is 0.243 e. The fraction of sp³-hybridized carbons (Fsp3) is 0.476. The molecule has 1 aliphatic rings. The van der Waals surface area contributed by atoms with E-state index in [1.165, 1.54) is 4.88 Å². The number of aromatic nitrogens is 1. The van der Waals surface area contributed by atoms with E-state index in [-0.39, 0.29) is 22.6 Å². The minimum Gasteiger partial charge on any atom is -0.350 e. The Morgan fingerprint density at radius 2 is 2.04 bits per heavy atom. The fourth-order valence-corrected chi connectivity index (χ4v) is 4.42. The topological polar surface area (TPSA) is 62.3 Å². The highest BCUT2D eigenvalue weighted by Gasteiger charge is 2.35. The van der Waals surface area contributed by atoms with Crippen molar-refractivity contribution >= 4 is 35.8 Å². The SMILES string of the molecule is Cc1ncsc1-c1ccc(CNC(=O)C2CCCN2C(=O)CC(C)(C)S)cc1. The Bertz CT molecular complexity index is 840. The number of likely N-dealkylation sites (tertiary alicyclic amines) is 1. The third-order valence-corrected chi connectivity index (χ3v) is 6.02. The Hall–Kier alpha value is -1.86. The Balaban J connectivity index is 1.57. The Morgan fingerprint density at radius 1 is 1.32 bits per heavy atom. The van der Waals surface area contributed by atoms with E-state index >= 15 is 0 Å². The summed E-state index contributed by atoms with van der Waals surface area (Å²) in [6.07, 6.45) is 1.91. The van der Waals surface area contributed by atoms with E-state index in [2.05, 4.69) is 35.1 Å². The summed E-state index contributed by atoms with van der Waals surface area (Å²) in [5.41, 5.74) is 5.05. The molecule has 0 saturated carbocycles. The van der Waals surface area contributed by atoms with Gasteiger partial charge in [-0.25, -0.2) is 4.98 Å². The average Bonchev–Trinajstić information content (AvgIpc) is 3.28. The van der Waals surface area contributed by atoms with Gasteiger partial charge in [-0.05, 0) is 30.9 Å². The van der Waals surface area contributed by atoms with Crippen LogP contribution in [-0.2, 0) is 16.1 Å². The molecule has 1 saturated heterocycles. The molecule has 1 aromatic heterocycles. The molecular formula is C21H27N3O2S2. The van der Waals surface area contributed by atoms with E-state index in [1.807, 2.05) is 38.4 Å². The number of hydrogen-bond donors (Lipinski definition) is 2. The summed E-state index contributed by atoms with van der Waals surface area (Å²) < 4.78 is -0.376. The number of carbonyl (C=O) groups is 2. The number of amides is 2. The van der Waals surface area contributed by atoms with E-state index < -0.39 is 0 Å². The molecule has 2 amide bonds. The van der Waals surface area contributed by atoms with Crippen molar-refractivity contribution in [1.82, 2.24) is 15.2 Å². The molecule has 0 radical (unpaired) electrons. The number of thiazole rings is 1. The van der Waals surface area contributed by atoms with Gasteiger partial charge < -0.3 is 10.2 Å². The van der Waals surface area contributed by atoms with Crippen molar-refractivity contribution in [2.45, 2.75) is 57.4 Å². The molecule has 0 aliphatic carbocycles. The molecule has 0 spiro atoms. The first-order valence-electron chi connectivity index (χ1n) is 9.53. The number of hydrogen-bond acceptors (Lipinski definition) is 5. The van der Waals surface area contributed by atoms with Crippen molar-refractivity contribution in [1.29, 1.82) is 0 Å². The zero-order valence-corrected chi connectivity index (χ0v) is 18.3. The van der Waals surface area contributed by atoms with Crippen molar-refractivity contribution in [2.24, 2.45) is 0 Å². The number of thiol groups is 1. The van der Waals surface area contributed by atoms with Crippen LogP contribution in [0.15, 0.2) is 29.8 Å². The van der Waals surface area contributed by atoms with Gasteiger partial charge in [0.2, 0.25) is 11.8 Å². The highest BCUT2D eigenvalue weighted by molar-refractivity contribution is 7.81. The largest absolute Gasteiger partial charge is 0.350 e. The van der Waals surface area contributed by atoms with Crippen LogP contribution in [0.2, 0.25) is 0 Å². The molecule has 7 heteroatoms. The lowest BCUT2D eigenvalue weighted by atomic mass is 10.1. The van der Waals surface area contributed by atoms with Crippen LogP contribution >= 0.6 is 24.0 Å². The highest BCUT2D eigenvalue weighted by Crippen LogP contribution is 2.27. The number of benzene rings is 1. The predicted octanol–water partition coefficient (Wildman–Crippen LogP) is 3.82. The summed E-state index contributed by atoms with van der Waals surface area (Å²) in [4.78, 5) is 32.4. The van der Waals surface area contributed by atoms with Gasteiger partial charge in [0.15, 0.2) is 0 Å². The van der Waals surface area contributed by atoms with Crippen LogP contribution in [0.5, 0.6) is 0 Å². The monoisotopic (exact) mass is 417 g/mol. The quantitative estimate of drug-likeness (QED) is 0.703. The minimum absolute atomic E-state index is 0.00179. The van der Waals surface area contributed by atoms with E-state index in [0.29, 0.717) is 25.9 Å². The number of rotatable bonds is 6. The van der Waals surface area contributed by atoms with Gasteiger partial charge in [0, 0.05) is 24.3 Å². The van der Waals surface area contributed by atoms with Crippen molar-refractivity contribution < 1.29 is 9.59 Å². The second kappa shape index (κ2) is 8.66. The lowest BCUT2D eigenvalue weighted by molar-refractivity contribution is -0.138. The third-order valence-electron chi connectivity index (χ3n) is 4.89. The smallest absolute Gasteiger partial charge is 0.243 e. The first-order valence-corrected chi connectivity index (χ1v) is 10.9. The number of nitrogens with one attached hydrogen (secondary N) is 1. The Morgan fingerprint density at radius 3 is 2.64 bits per heavy atom. The maximum atomic E-state index is 12.7. The molecule has 1 fully saturated rings. The molecule has 150 valence electrons. The molecule has 5 nitrogen and oxygen atoms in total. The van der Waals surface area contributed by atoms with Gasteiger partial charge in [-0.15, -0.1) is 11.3 Å². The normalized spacial score (nSPS) is 17.0. The summed E-state index contributed by atoms with van der Waals surface area (Å²) >= 11 is 6.07. The molecule has 1 unspecified atom stereocenters. The molecular weight excluding hydrogens is 390 g/mol. The van der Waals surface area contributed by atoms with Crippen molar-refractivity contribution in [3.05, 3.63) is 41.0 Å². The molecule has 0 bridgehead atoms. The number of aryl methyl sites for hydroxylation is 1. The second-order valence-electron chi connectivity index (χ2n) is 7.92. The van der Waals surface area contributed by atoms with Crippen molar-refractivity contribution in [3.8, 4) is 10.4 Å². The summed E-state index contributed by atoms with van der Waals surface area (Å²) in [6, 6.07) is 7.79. The van der Waals surface area contributed by atoms with Gasteiger partial charge in [0.25, 0.3) is 0 Å². The summed E-state index contributed by atoms with van der Waals surface area (Å²) in [5, 5.41) is 2.99. The Kier molecular flexibility index (Phi) is 6.45. The molecule has 1 atom stereocenters. The van der Waals surface area contributed by atoms with Crippen molar-refractivity contribution in [3.63, 3.8) is 0 Å². The third kappa shape index (κ3) is 5.14. The molecule has 3 rings (SSSR count). The van der Waals surface area contributed by atoms with Gasteiger partial charge >= 0.3 is 0 Å². The zero-order chi connectivity index (χ0) is 20.3. The van der Waals surface area contributed by atoms with Crippen LogP contribution in [0.1, 0.15) is 44.4 Å². The minimum atomic E-state index is -0.376. The van der Waals surface area contributed by atoms with Gasteiger partial charge in [-0.2, -0.15) is 12.6 Å². The summed E-state index contributed by atoms with van der Waals surface area (Å²) in [7, 11) is 0. The van der Waals surface area contributed by atoms with E-state index in [4.69, 9.17) is 0 Å². The average molecular weight is 418 g/mol. The van der Waals surface area contributed by atoms with Gasteiger partial charge in [0.1, 0.15) is 6.04 Å². The maximum absolute atomic E-state index is 12.7.